The highest BCUT2D eigenvalue weighted by molar-refractivity contribution is 6.32. The number of nitrogens with two attached hydrogens (primary N) is 1. The molecule has 0 spiro atoms. The highest BCUT2D eigenvalue weighted by Crippen LogP contribution is 2.34. The maximum atomic E-state index is 12.8. The van der Waals surface area contributed by atoms with Crippen LogP contribution >= 0.6 is 11.6 Å². The van der Waals surface area contributed by atoms with Crippen molar-refractivity contribution in [2.75, 3.05) is 17.2 Å². The molecule has 0 atom stereocenters. The lowest BCUT2D eigenvalue weighted by atomic mass is 10.1. The first-order valence-corrected chi connectivity index (χ1v) is 10.2. The van der Waals surface area contributed by atoms with E-state index >= 15 is 0 Å². The molecule has 2 aromatic carbocycles. The van der Waals surface area contributed by atoms with Gasteiger partial charge in [0, 0.05) is 17.8 Å². The van der Waals surface area contributed by atoms with Crippen molar-refractivity contribution in [3.8, 4) is 23.1 Å². The summed E-state index contributed by atoms with van der Waals surface area (Å²) in [6.07, 6.45) is 1.33. The quantitative estimate of drug-likeness (QED) is 0.332. The minimum Gasteiger partial charge on any atom is -0.506 e. The van der Waals surface area contributed by atoms with Crippen molar-refractivity contribution in [1.29, 1.82) is 5.26 Å². The van der Waals surface area contributed by atoms with E-state index in [2.05, 4.69) is 21.6 Å². The van der Waals surface area contributed by atoms with Crippen LogP contribution in [0.2, 0.25) is 5.02 Å². The van der Waals surface area contributed by atoms with E-state index in [0.717, 1.165) is 0 Å². The second kappa shape index (κ2) is 8.98. The van der Waals surface area contributed by atoms with Gasteiger partial charge in [0.25, 0.3) is 5.91 Å². The number of nitrogen functional groups attached to an aromatic ring is 1. The van der Waals surface area contributed by atoms with E-state index in [1.165, 1.54) is 17.3 Å². The Morgan fingerprint density at radius 2 is 2.00 bits per heavy atom. The summed E-state index contributed by atoms with van der Waals surface area (Å²) in [6, 6.07) is 15.5. The third-order valence-electron chi connectivity index (χ3n) is 5.02. The second-order valence-electron chi connectivity index (χ2n) is 7.08. The Kier molecular flexibility index (Phi) is 5.93. The number of phenols is 1. The first-order chi connectivity index (χ1) is 15.9. The summed E-state index contributed by atoms with van der Waals surface area (Å²) < 4.78 is 1.60. The van der Waals surface area contributed by atoms with Crippen LogP contribution in [-0.2, 0) is 11.3 Å². The zero-order valence-corrected chi connectivity index (χ0v) is 18.1. The van der Waals surface area contributed by atoms with Gasteiger partial charge in [-0.1, -0.05) is 42.4 Å². The number of nitriles is 1. The highest BCUT2D eigenvalue weighted by Gasteiger charge is 2.21. The molecule has 0 unspecified atom stereocenters. The van der Waals surface area contributed by atoms with Gasteiger partial charge in [-0.15, -0.1) is 0 Å². The molecule has 0 aliphatic rings. The molecule has 3 N–H and O–H groups in total. The van der Waals surface area contributed by atoms with E-state index in [-0.39, 0.29) is 35.3 Å². The smallest absolute Gasteiger partial charge is 0.268 e. The first kappa shape index (κ1) is 21.8. The van der Waals surface area contributed by atoms with Gasteiger partial charge in [0.2, 0.25) is 0 Å². The van der Waals surface area contributed by atoms with Gasteiger partial charge in [0.1, 0.15) is 35.2 Å². The standard InChI is InChI=1S/C23H18ClN7O2/c1-14(12-25)23(33)30(16-5-3-2-4-6-16)9-10-31-22-19(21(26)27-13-28-22)20(29-31)15-7-8-17(24)18(32)11-15/h2-8,11,13,32H,1,9-10H2,(H2,26,27,28). The van der Waals surface area contributed by atoms with Crippen LogP contribution in [0.25, 0.3) is 22.3 Å². The molecule has 2 heterocycles. The molecule has 10 heteroatoms. The Bertz CT molecular complexity index is 1410. The van der Waals surface area contributed by atoms with Crippen molar-refractivity contribution in [3.05, 3.63) is 72.0 Å². The van der Waals surface area contributed by atoms with Crippen LogP contribution in [0, 0.1) is 11.3 Å². The average molecular weight is 460 g/mol. The number of para-hydroxylation sites is 1. The summed E-state index contributed by atoms with van der Waals surface area (Å²) in [5, 5.41) is 24.6. The number of hydrogen-bond donors (Lipinski definition) is 2. The lowest BCUT2D eigenvalue weighted by molar-refractivity contribution is -0.114. The van der Waals surface area contributed by atoms with Gasteiger partial charge in [0.15, 0.2) is 5.65 Å². The molecule has 2 aromatic heterocycles. The van der Waals surface area contributed by atoms with E-state index in [1.54, 1.807) is 47.1 Å². The monoisotopic (exact) mass is 459 g/mol. The van der Waals surface area contributed by atoms with Gasteiger partial charge in [-0.25, -0.2) is 14.6 Å². The fourth-order valence-electron chi connectivity index (χ4n) is 3.41. The number of halogens is 1. The topological polar surface area (TPSA) is 134 Å². The Balaban J connectivity index is 1.75. The molecule has 4 aromatic rings. The van der Waals surface area contributed by atoms with Crippen LogP contribution in [0.15, 0.2) is 67.0 Å². The number of hydrogen-bond acceptors (Lipinski definition) is 7. The molecule has 4 rings (SSSR count). The summed E-state index contributed by atoms with van der Waals surface area (Å²) in [6.45, 7) is 3.98. The second-order valence-corrected chi connectivity index (χ2v) is 7.49. The largest absolute Gasteiger partial charge is 0.506 e. The van der Waals surface area contributed by atoms with Crippen molar-refractivity contribution in [1.82, 2.24) is 19.7 Å². The molecule has 0 saturated carbocycles. The van der Waals surface area contributed by atoms with Crippen molar-refractivity contribution in [3.63, 3.8) is 0 Å². The van der Waals surface area contributed by atoms with E-state index in [9.17, 15) is 9.90 Å². The molecule has 0 fully saturated rings. The third-order valence-corrected chi connectivity index (χ3v) is 5.34. The maximum absolute atomic E-state index is 12.8. The van der Waals surface area contributed by atoms with Crippen molar-refractivity contribution >= 4 is 40.0 Å². The summed E-state index contributed by atoms with van der Waals surface area (Å²) in [5.41, 5.74) is 8.08. The molecule has 0 saturated heterocycles. The molecule has 0 aliphatic heterocycles. The van der Waals surface area contributed by atoms with Crippen LogP contribution in [0.5, 0.6) is 5.75 Å². The number of anilines is 2. The summed E-state index contributed by atoms with van der Waals surface area (Å²) >= 11 is 5.94. The third kappa shape index (κ3) is 4.20. The summed E-state index contributed by atoms with van der Waals surface area (Å²) in [7, 11) is 0. The lowest BCUT2D eigenvalue weighted by Gasteiger charge is -2.22. The first-order valence-electron chi connectivity index (χ1n) is 9.82. The van der Waals surface area contributed by atoms with Gasteiger partial charge in [0.05, 0.1) is 17.0 Å². The number of carbonyl (C=O) groups is 1. The molecule has 164 valence electrons. The Labute approximate surface area is 194 Å². The van der Waals surface area contributed by atoms with E-state index < -0.39 is 5.91 Å². The lowest BCUT2D eigenvalue weighted by Crippen LogP contribution is -2.34. The molecule has 1 amide bonds. The fourth-order valence-corrected chi connectivity index (χ4v) is 3.53. The average Bonchev–Trinajstić information content (AvgIpc) is 3.21. The molecule has 33 heavy (non-hydrogen) atoms. The summed E-state index contributed by atoms with van der Waals surface area (Å²) in [5.74, 6) is -0.371. The van der Waals surface area contributed by atoms with Gasteiger partial charge in [-0.05, 0) is 24.3 Å². The van der Waals surface area contributed by atoms with Gasteiger partial charge < -0.3 is 15.7 Å². The normalized spacial score (nSPS) is 10.7. The Morgan fingerprint density at radius 3 is 2.70 bits per heavy atom. The summed E-state index contributed by atoms with van der Waals surface area (Å²) in [4.78, 5) is 22.6. The van der Waals surface area contributed by atoms with Crippen molar-refractivity contribution in [2.24, 2.45) is 0 Å². The predicted octanol–water partition coefficient (Wildman–Crippen LogP) is 3.55. The van der Waals surface area contributed by atoms with Crippen molar-refractivity contribution < 1.29 is 9.90 Å². The SMILES string of the molecule is C=C(C#N)C(=O)N(CCn1nc(-c2ccc(Cl)c(O)c2)c2c(N)ncnc21)c1ccccc1. The number of amides is 1. The van der Waals surface area contributed by atoms with Gasteiger partial charge in [-0.3, -0.25) is 4.79 Å². The fraction of sp³-hybridized carbons (Fsp3) is 0.0870. The molecular formula is C23H18ClN7O2. The number of fused-ring (bicyclic) bond motifs is 1. The van der Waals surface area contributed by atoms with Crippen LogP contribution in [-0.4, -0.2) is 37.3 Å². The van der Waals surface area contributed by atoms with Crippen LogP contribution < -0.4 is 10.6 Å². The van der Waals surface area contributed by atoms with Crippen molar-refractivity contribution in [2.45, 2.75) is 6.54 Å². The van der Waals surface area contributed by atoms with Gasteiger partial charge >= 0.3 is 0 Å². The highest BCUT2D eigenvalue weighted by atomic mass is 35.5. The molecule has 0 aliphatic carbocycles. The number of benzene rings is 2. The Morgan fingerprint density at radius 1 is 1.24 bits per heavy atom. The number of aromatic hydroxyl groups is 1. The number of rotatable bonds is 6. The zero-order valence-electron chi connectivity index (χ0n) is 17.3. The molecule has 9 nitrogen and oxygen atoms in total. The zero-order chi connectivity index (χ0) is 23.5. The number of nitrogens with zero attached hydrogens (tertiary/aromatic N) is 6. The van der Waals surface area contributed by atoms with Crippen LogP contribution in [0.3, 0.4) is 0 Å². The van der Waals surface area contributed by atoms with Gasteiger partial charge in [-0.2, -0.15) is 10.4 Å². The molecular weight excluding hydrogens is 442 g/mol. The number of aromatic nitrogens is 4. The minimum absolute atomic E-state index is 0.0943. The van der Waals surface area contributed by atoms with E-state index in [0.29, 0.717) is 28.0 Å². The number of phenolic OH excluding ortho intramolecular Hbond substituents is 1. The van der Waals surface area contributed by atoms with Crippen LogP contribution in [0.1, 0.15) is 0 Å². The van der Waals surface area contributed by atoms with E-state index in [4.69, 9.17) is 22.6 Å². The maximum Gasteiger partial charge on any atom is 0.268 e. The Hall–Kier alpha value is -4.42. The van der Waals surface area contributed by atoms with E-state index in [1.807, 2.05) is 6.07 Å². The predicted molar refractivity (Wildman–Crippen MR) is 125 cm³/mol. The molecule has 0 radical (unpaired) electrons. The van der Waals surface area contributed by atoms with Crippen LogP contribution in [0.4, 0.5) is 11.5 Å². The minimum atomic E-state index is -0.503. The molecule has 0 bridgehead atoms. The number of carbonyl (C=O) groups excluding carboxylic acids is 1.